The first-order valence-corrected chi connectivity index (χ1v) is 10.6. The van der Waals surface area contributed by atoms with E-state index in [9.17, 15) is 14.9 Å². The lowest BCUT2D eigenvalue weighted by atomic mass is 10.1. The zero-order valence-corrected chi connectivity index (χ0v) is 17.7. The molecule has 0 bridgehead atoms. The fourth-order valence-electron chi connectivity index (χ4n) is 3.01. The van der Waals surface area contributed by atoms with E-state index >= 15 is 0 Å². The number of carbonyl (C=O) groups excluding carboxylic acids is 1. The Morgan fingerprint density at radius 3 is 2.48 bits per heavy atom. The Kier molecular flexibility index (Phi) is 6.06. The van der Waals surface area contributed by atoms with Gasteiger partial charge < -0.3 is 5.32 Å². The fraction of sp³-hybridized carbons (Fsp3) is 0.0435. The van der Waals surface area contributed by atoms with Crippen molar-refractivity contribution in [2.24, 2.45) is 0 Å². The quantitative estimate of drug-likeness (QED) is 0.279. The SMILES string of the molecule is O=C(Cc1ccc([N+](=O)[O-])cc1)Nc1cccc(-c2csc(-c3ccc(Cl)cc3)n2)c1. The number of thiazole rings is 1. The fourth-order valence-corrected chi connectivity index (χ4v) is 3.98. The van der Waals surface area contributed by atoms with E-state index in [1.165, 1.54) is 23.5 Å². The van der Waals surface area contributed by atoms with Gasteiger partial charge in [-0.3, -0.25) is 14.9 Å². The molecule has 0 unspecified atom stereocenters. The van der Waals surface area contributed by atoms with Gasteiger partial charge in [-0.05, 0) is 29.8 Å². The summed E-state index contributed by atoms with van der Waals surface area (Å²) in [5.41, 5.74) is 4.06. The number of halogens is 1. The van der Waals surface area contributed by atoms with Gasteiger partial charge in [0.15, 0.2) is 0 Å². The smallest absolute Gasteiger partial charge is 0.269 e. The van der Waals surface area contributed by atoms with Gasteiger partial charge in [0.2, 0.25) is 5.91 Å². The number of hydrogen-bond acceptors (Lipinski definition) is 5. The number of nitrogens with one attached hydrogen (secondary N) is 1. The Labute approximate surface area is 187 Å². The molecule has 0 spiro atoms. The zero-order valence-electron chi connectivity index (χ0n) is 16.1. The van der Waals surface area contributed by atoms with Crippen molar-refractivity contribution in [2.45, 2.75) is 6.42 Å². The molecule has 0 aliphatic carbocycles. The third-order valence-electron chi connectivity index (χ3n) is 4.55. The van der Waals surface area contributed by atoms with Crippen molar-refractivity contribution in [1.29, 1.82) is 0 Å². The van der Waals surface area contributed by atoms with E-state index in [2.05, 4.69) is 5.32 Å². The second-order valence-corrected chi connectivity index (χ2v) is 8.07. The number of nitro groups is 1. The highest BCUT2D eigenvalue weighted by molar-refractivity contribution is 7.13. The number of amides is 1. The topological polar surface area (TPSA) is 85.1 Å². The van der Waals surface area contributed by atoms with Gasteiger partial charge in [0.05, 0.1) is 17.0 Å². The highest BCUT2D eigenvalue weighted by Crippen LogP contribution is 2.30. The van der Waals surface area contributed by atoms with E-state index in [1.807, 2.05) is 53.9 Å². The van der Waals surface area contributed by atoms with E-state index in [1.54, 1.807) is 12.1 Å². The van der Waals surface area contributed by atoms with Crippen molar-refractivity contribution in [1.82, 2.24) is 4.98 Å². The standard InChI is InChI=1S/C23H16ClN3O3S/c24-18-8-6-16(7-9-18)23-26-21(14-31-23)17-2-1-3-19(13-17)25-22(28)12-15-4-10-20(11-5-15)27(29)30/h1-11,13-14H,12H2,(H,25,28). The molecule has 8 heteroatoms. The molecule has 0 atom stereocenters. The Balaban J connectivity index is 1.45. The number of anilines is 1. The van der Waals surface area contributed by atoms with Crippen LogP contribution in [0.25, 0.3) is 21.8 Å². The molecule has 0 fully saturated rings. The summed E-state index contributed by atoms with van der Waals surface area (Å²) in [4.78, 5) is 27.4. The van der Waals surface area contributed by atoms with Crippen LogP contribution in [0.2, 0.25) is 5.02 Å². The summed E-state index contributed by atoms with van der Waals surface area (Å²) >= 11 is 7.49. The summed E-state index contributed by atoms with van der Waals surface area (Å²) in [6.07, 6.45) is 0.125. The van der Waals surface area contributed by atoms with Crippen LogP contribution in [0, 0.1) is 10.1 Å². The first-order valence-electron chi connectivity index (χ1n) is 9.33. The summed E-state index contributed by atoms with van der Waals surface area (Å²) in [6, 6.07) is 21.0. The van der Waals surface area contributed by atoms with Crippen LogP contribution in [0.15, 0.2) is 78.2 Å². The average molecular weight is 450 g/mol. The molecule has 154 valence electrons. The predicted octanol–water partition coefficient (Wildman–Crippen LogP) is 6.22. The Bertz CT molecular complexity index is 1240. The summed E-state index contributed by atoms with van der Waals surface area (Å²) in [6.45, 7) is 0. The highest BCUT2D eigenvalue weighted by Gasteiger charge is 2.10. The first kappa shape index (κ1) is 20.7. The number of benzene rings is 3. The Morgan fingerprint density at radius 1 is 1.03 bits per heavy atom. The average Bonchev–Trinajstić information content (AvgIpc) is 3.25. The highest BCUT2D eigenvalue weighted by atomic mass is 35.5. The number of nitrogens with zero attached hydrogens (tertiary/aromatic N) is 2. The van der Waals surface area contributed by atoms with Crippen LogP contribution in [0.1, 0.15) is 5.56 Å². The number of rotatable bonds is 6. The van der Waals surface area contributed by atoms with E-state index in [0.717, 1.165) is 21.8 Å². The normalized spacial score (nSPS) is 10.6. The second-order valence-electron chi connectivity index (χ2n) is 6.77. The van der Waals surface area contributed by atoms with Gasteiger partial charge in [-0.15, -0.1) is 11.3 Å². The summed E-state index contributed by atoms with van der Waals surface area (Å²) in [5, 5.41) is 17.1. The van der Waals surface area contributed by atoms with Gasteiger partial charge >= 0.3 is 0 Å². The molecule has 0 saturated carbocycles. The Morgan fingerprint density at radius 2 is 1.77 bits per heavy atom. The minimum atomic E-state index is -0.466. The van der Waals surface area contributed by atoms with Gasteiger partial charge in [-0.1, -0.05) is 48.0 Å². The molecular formula is C23H16ClN3O3S. The molecule has 0 aliphatic heterocycles. The van der Waals surface area contributed by atoms with Crippen molar-refractivity contribution in [3.05, 3.63) is 98.9 Å². The lowest BCUT2D eigenvalue weighted by Gasteiger charge is -2.07. The summed E-state index contributed by atoms with van der Waals surface area (Å²) < 4.78 is 0. The minimum Gasteiger partial charge on any atom is -0.326 e. The second kappa shape index (κ2) is 9.07. The molecule has 1 heterocycles. The van der Waals surface area contributed by atoms with E-state index in [4.69, 9.17) is 16.6 Å². The number of nitro benzene ring substituents is 1. The third-order valence-corrected chi connectivity index (χ3v) is 5.69. The molecule has 0 radical (unpaired) electrons. The van der Waals surface area contributed by atoms with E-state index in [0.29, 0.717) is 16.3 Å². The third kappa shape index (κ3) is 5.14. The minimum absolute atomic E-state index is 0.00177. The van der Waals surface area contributed by atoms with Gasteiger partial charge in [0, 0.05) is 39.3 Å². The van der Waals surface area contributed by atoms with Crippen molar-refractivity contribution in [3.8, 4) is 21.8 Å². The number of hydrogen-bond donors (Lipinski definition) is 1. The number of aromatic nitrogens is 1. The van der Waals surface area contributed by atoms with Crippen molar-refractivity contribution >= 4 is 40.2 Å². The molecule has 4 aromatic rings. The van der Waals surface area contributed by atoms with Crippen LogP contribution in [0.3, 0.4) is 0 Å². The maximum atomic E-state index is 12.4. The Hall–Kier alpha value is -3.55. The first-order chi connectivity index (χ1) is 15.0. The molecule has 6 nitrogen and oxygen atoms in total. The molecule has 4 rings (SSSR count). The van der Waals surface area contributed by atoms with Crippen molar-refractivity contribution in [2.75, 3.05) is 5.32 Å². The predicted molar refractivity (Wildman–Crippen MR) is 123 cm³/mol. The molecule has 1 amide bonds. The molecule has 0 saturated heterocycles. The van der Waals surface area contributed by atoms with Crippen LogP contribution >= 0.6 is 22.9 Å². The lowest BCUT2D eigenvalue weighted by molar-refractivity contribution is -0.384. The van der Waals surface area contributed by atoms with Crippen LogP contribution in [-0.4, -0.2) is 15.8 Å². The molecule has 1 N–H and O–H groups in total. The van der Waals surface area contributed by atoms with Crippen molar-refractivity contribution in [3.63, 3.8) is 0 Å². The molecule has 0 aliphatic rings. The largest absolute Gasteiger partial charge is 0.326 e. The van der Waals surface area contributed by atoms with Crippen LogP contribution < -0.4 is 5.32 Å². The van der Waals surface area contributed by atoms with E-state index in [-0.39, 0.29) is 18.0 Å². The maximum absolute atomic E-state index is 12.4. The molecule has 3 aromatic carbocycles. The van der Waals surface area contributed by atoms with E-state index < -0.39 is 4.92 Å². The molecule has 1 aromatic heterocycles. The lowest BCUT2D eigenvalue weighted by Crippen LogP contribution is -2.14. The van der Waals surface area contributed by atoms with Gasteiger partial charge in [0.25, 0.3) is 5.69 Å². The zero-order chi connectivity index (χ0) is 21.8. The number of non-ortho nitro benzene ring substituents is 1. The molecule has 31 heavy (non-hydrogen) atoms. The number of carbonyl (C=O) groups is 1. The summed E-state index contributed by atoms with van der Waals surface area (Å²) in [7, 11) is 0. The van der Waals surface area contributed by atoms with Crippen LogP contribution in [-0.2, 0) is 11.2 Å². The van der Waals surface area contributed by atoms with Gasteiger partial charge in [0.1, 0.15) is 5.01 Å². The molecular weight excluding hydrogens is 434 g/mol. The van der Waals surface area contributed by atoms with Crippen LogP contribution in [0.5, 0.6) is 0 Å². The van der Waals surface area contributed by atoms with Crippen molar-refractivity contribution < 1.29 is 9.72 Å². The van der Waals surface area contributed by atoms with Gasteiger partial charge in [-0.25, -0.2) is 4.98 Å². The summed E-state index contributed by atoms with van der Waals surface area (Å²) in [5.74, 6) is -0.203. The van der Waals surface area contributed by atoms with Gasteiger partial charge in [-0.2, -0.15) is 0 Å². The van der Waals surface area contributed by atoms with Crippen LogP contribution in [0.4, 0.5) is 11.4 Å². The maximum Gasteiger partial charge on any atom is 0.269 e. The monoisotopic (exact) mass is 449 g/mol.